The highest BCUT2D eigenvalue weighted by molar-refractivity contribution is 7.92. The normalized spacial score (nSPS) is 13.7. The van der Waals surface area contributed by atoms with Crippen LogP contribution in [-0.2, 0) is 32.6 Å². The molecule has 6 rings (SSSR count). The number of hydrogen-bond donors (Lipinski definition) is 1. The second-order valence-electron chi connectivity index (χ2n) is 12.6. The lowest BCUT2D eigenvalue weighted by molar-refractivity contribution is -0.140. The van der Waals surface area contributed by atoms with E-state index in [4.69, 9.17) is 16.3 Å². The molecule has 5 aromatic carbocycles. The van der Waals surface area contributed by atoms with E-state index in [1.165, 1.54) is 17.0 Å². The Kier molecular flexibility index (Phi) is 11.7. The van der Waals surface area contributed by atoms with Crippen molar-refractivity contribution in [1.82, 2.24) is 10.2 Å². The van der Waals surface area contributed by atoms with Crippen LogP contribution < -0.4 is 14.4 Å². The number of nitrogens with zero attached hydrogens (tertiary/aromatic N) is 2. The van der Waals surface area contributed by atoms with Gasteiger partial charge in [0.1, 0.15) is 24.1 Å². The standard InChI is InChI=1S/C41H40ClN3O5S/c42-33-16-12-15-32(27-33)29-44(39(28-31-13-4-1-5-14-31)41(47)43-34-17-10-11-18-34)40(46)30-45(51(48,49)38-21-8-3-9-22-38)35-23-25-37(26-24-35)50-36-19-6-2-7-20-36/h1-9,12-16,19-27,34,39H,10-11,17-18,28-30H2,(H,43,47). The van der Waals surface area contributed by atoms with Crippen LogP contribution in [0.5, 0.6) is 11.5 Å². The van der Waals surface area contributed by atoms with Crippen LogP contribution in [0, 0.1) is 0 Å². The minimum atomic E-state index is -4.23. The van der Waals surface area contributed by atoms with E-state index < -0.39 is 28.5 Å². The zero-order chi connectivity index (χ0) is 35.6. The zero-order valence-electron chi connectivity index (χ0n) is 28.1. The van der Waals surface area contributed by atoms with Gasteiger partial charge in [-0.1, -0.05) is 103 Å². The summed E-state index contributed by atoms with van der Waals surface area (Å²) in [7, 11) is -4.23. The zero-order valence-corrected chi connectivity index (χ0v) is 29.7. The van der Waals surface area contributed by atoms with Gasteiger partial charge in [0.2, 0.25) is 11.8 Å². The molecule has 2 amide bonds. The highest BCUT2D eigenvalue weighted by Gasteiger charge is 2.35. The molecular weight excluding hydrogens is 682 g/mol. The van der Waals surface area contributed by atoms with Crippen LogP contribution in [0.25, 0.3) is 0 Å². The number of carbonyl (C=O) groups is 2. The van der Waals surface area contributed by atoms with E-state index in [1.54, 1.807) is 60.7 Å². The van der Waals surface area contributed by atoms with Crippen molar-refractivity contribution in [2.24, 2.45) is 0 Å². The highest BCUT2D eigenvalue weighted by atomic mass is 35.5. The number of carbonyl (C=O) groups excluding carboxylic acids is 2. The molecular formula is C41H40ClN3O5S. The summed E-state index contributed by atoms with van der Waals surface area (Å²) in [4.78, 5) is 30.5. The van der Waals surface area contributed by atoms with Gasteiger partial charge in [-0.15, -0.1) is 0 Å². The molecule has 5 aromatic rings. The summed E-state index contributed by atoms with van der Waals surface area (Å²) in [6.07, 6.45) is 4.04. The Morgan fingerprint density at radius 1 is 0.745 bits per heavy atom. The van der Waals surface area contributed by atoms with Crippen molar-refractivity contribution < 1.29 is 22.7 Å². The predicted molar refractivity (Wildman–Crippen MR) is 200 cm³/mol. The maximum absolute atomic E-state index is 14.8. The molecule has 0 aliphatic heterocycles. The predicted octanol–water partition coefficient (Wildman–Crippen LogP) is 8.03. The van der Waals surface area contributed by atoms with Crippen molar-refractivity contribution in [2.75, 3.05) is 10.8 Å². The number of rotatable bonds is 14. The van der Waals surface area contributed by atoms with Crippen LogP contribution in [-0.4, -0.2) is 43.8 Å². The maximum Gasteiger partial charge on any atom is 0.264 e. The Morgan fingerprint density at radius 2 is 1.33 bits per heavy atom. The minimum absolute atomic E-state index is 0.0190. The summed E-state index contributed by atoms with van der Waals surface area (Å²) in [5.41, 5.74) is 1.85. The van der Waals surface area contributed by atoms with Crippen molar-refractivity contribution in [3.8, 4) is 11.5 Å². The molecule has 1 saturated carbocycles. The first-order valence-electron chi connectivity index (χ1n) is 17.1. The number of halogens is 1. The molecule has 0 bridgehead atoms. The third-order valence-electron chi connectivity index (χ3n) is 8.93. The fraction of sp³-hybridized carbons (Fsp3) is 0.220. The number of hydrogen-bond acceptors (Lipinski definition) is 5. The molecule has 0 aromatic heterocycles. The summed E-state index contributed by atoms with van der Waals surface area (Å²) >= 11 is 6.37. The number of ether oxygens (including phenoxy) is 1. The first-order valence-corrected chi connectivity index (χ1v) is 18.9. The summed E-state index contributed by atoms with van der Waals surface area (Å²) < 4.78 is 35.7. The molecule has 0 radical (unpaired) electrons. The van der Waals surface area contributed by atoms with Crippen molar-refractivity contribution in [3.05, 3.63) is 156 Å². The fourth-order valence-corrected chi connectivity index (χ4v) is 7.96. The van der Waals surface area contributed by atoms with E-state index in [-0.39, 0.29) is 35.5 Å². The topological polar surface area (TPSA) is 96.0 Å². The van der Waals surface area contributed by atoms with Gasteiger partial charge < -0.3 is 15.0 Å². The monoisotopic (exact) mass is 721 g/mol. The summed E-state index contributed by atoms with van der Waals surface area (Å²) in [6.45, 7) is -0.517. The Hall–Kier alpha value is -5.12. The van der Waals surface area contributed by atoms with Gasteiger partial charge in [0.05, 0.1) is 10.6 Å². The number of sulfonamides is 1. The number of anilines is 1. The molecule has 1 aliphatic rings. The van der Waals surface area contributed by atoms with Crippen LogP contribution in [0.3, 0.4) is 0 Å². The molecule has 1 N–H and O–H groups in total. The maximum atomic E-state index is 14.8. The lowest BCUT2D eigenvalue weighted by Crippen LogP contribution is -2.54. The van der Waals surface area contributed by atoms with Crippen LogP contribution >= 0.6 is 11.6 Å². The fourth-order valence-electron chi connectivity index (χ4n) is 6.31. The third kappa shape index (κ3) is 9.36. The second-order valence-corrected chi connectivity index (χ2v) is 14.9. The Balaban J connectivity index is 1.38. The van der Waals surface area contributed by atoms with Crippen LogP contribution in [0.1, 0.15) is 36.8 Å². The van der Waals surface area contributed by atoms with E-state index in [1.807, 2.05) is 66.7 Å². The molecule has 1 aliphatic carbocycles. The van der Waals surface area contributed by atoms with E-state index >= 15 is 0 Å². The number of benzene rings is 5. The van der Waals surface area contributed by atoms with Gasteiger partial charge in [-0.3, -0.25) is 13.9 Å². The summed E-state index contributed by atoms with van der Waals surface area (Å²) in [5, 5.41) is 3.68. The first kappa shape index (κ1) is 35.7. The second kappa shape index (κ2) is 16.7. The Bertz CT molecular complexity index is 2010. The van der Waals surface area contributed by atoms with Crippen molar-refractivity contribution >= 4 is 39.1 Å². The lowest BCUT2D eigenvalue weighted by Gasteiger charge is -2.34. The number of amides is 2. The van der Waals surface area contributed by atoms with Gasteiger partial charge in [-0.25, -0.2) is 8.42 Å². The lowest BCUT2D eigenvalue weighted by atomic mass is 10.0. The van der Waals surface area contributed by atoms with Gasteiger partial charge in [-0.2, -0.15) is 0 Å². The largest absolute Gasteiger partial charge is 0.457 e. The van der Waals surface area contributed by atoms with Crippen molar-refractivity contribution in [2.45, 2.75) is 55.6 Å². The van der Waals surface area contributed by atoms with Gasteiger partial charge in [0.25, 0.3) is 10.0 Å². The number of nitrogens with one attached hydrogen (secondary N) is 1. The first-order chi connectivity index (χ1) is 24.8. The van der Waals surface area contributed by atoms with Crippen LogP contribution in [0.4, 0.5) is 5.69 Å². The number of para-hydroxylation sites is 1. The van der Waals surface area contributed by atoms with Gasteiger partial charge >= 0.3 is 0 Å². The molecule has 0 heterocycles. The molecule has 262 valence electrons. The minimum Gasteiger partial charge on any atom is -0.457 e. The summed E-state index contributed by atoms with van der Waals surface area (Å²) in [6, 6.07) is 39.5. The van der Waals surface area contributed by atoms with E-state index in [0.717, 1.165) is 35.6 Å². The van der Waals surface area contributed by atoms with E-state index in [0.29, 0.717) is 22.1 Å². The van der Waals surface area contributed by atoms with Gasteiger partial charge in [0, 0.05) is 24.0 Å². The molecule has 1 atom stereocenters. The average molecular weight is 722 g/mol. The third-order valence-corrected chi connectivity index (χ3v) is 11.0. The molecule has 51 heavy (non-hydrogen) atoms. The summed E-state index contributed by atoms with van der Waals surface area (Å²) in [5.74, 6) is 0.316. The SMILES string of the molecule is O=C(NC1CCCC1)C(Cc1ccccc1)N(Cc1cccc(Cl)c1)C(=O)CN(c1ccc(Oc2ccccc2)cc1)S(=O)(=O)c1ccccc1. The highest BCUT2D eigenvalue weighted by Crippen LogP contribution is 2.29. The van der Waals surface area contributed by atoms with Crippen LogP contribution in [0.15, 0.2) is 144 Å². The molecule has 8 nitrogen and oxygen atoms in total. The molecule has 10 heteroatoms. The molecule has 0 spiro atoms. The van der Waals surface area contributed by atoms with E-state index in [9.17, 15) is 18.0 Å². The average Bonchev–Trinajstić information content (AvgIpc) is 3.66. The molecule has 0 saturated heterocycles. The van der Waals surface area contributed by atoms with Crippen LogP contribution in [0.2, 0.25) is 5.02 Å². The van der Waals surface area contributed by atoms with Crippen molar-refractivity contribution in [3.63, 3.8) is 0 Å². The molecule has 1 fully saturated rings. The van der Waals surface area contributed by atoms with E-state index in [2.05, 4.69) is 5.32 Å². The van der Waals surface area contributed by atoms with Gasteiger partial charge in [-0.05, 0) is 84.6 Å². The Labute approximate surface area is 304 Å². The smallest absolute Gasteiger partial charge is 0.264 e. The quantitative estimate of drug-likeness (QED) is 0.125. The molecule has 1 unspecified atom stereocenters. The van der Waals surface area contributed by atoms with Gasteiger partial charge in [0.15, 0.2) is 0 Å². The van der Waals surface area contributed by atoms with Crippen molar-refractivity contribution in [1.29, 1.82) is 0 Å². The Morgan fingerprint density at radius 3 is 1.98 bits per heavy atom.